The van der Waals surface area contributed by atoms with Crippen molar-refractivity contribution in [1.82, 2.24) is 19.8 Å². The molecule has 2 aromatic carbocycles. The summed E-state index contributed by atoms with van der Waals surface area (Å²) in [4.78, 5) is 34.9. The molecule has 1 aromatic heterocycles. The Morgan fingerprint density at radius 2 is 1.94 bits per heavy atom. The fourth-order valence-electron chi connectivity index (χ4n) is 7.79. The lowest BCUT2D eigenvalue weighted by Crippen LogP contribution is -2.45. The van der Waals surface area contributed by atoms with Crippen LogP contribution >= 0.6 is 11.6 Å². The van der Waals surface area contributed by atoms with E-state index < -0.39 is 5.82 Å². The summed E-state index contributed by atoms with van der Waals surface area (Å²) in [6.07, 6.45) is 6.74. The van der Waals surface area contributed by atoms with E-state index in [4.69, 9.17) is 21.2 Å². The third-order valence-corrected chi connectivity index (χ3v) is 10.7. The number of halogens is 2. The highest BCUT2D eigenvalue weighted by molar-refractivity contribution is 6.31. The van der Waals surface area contributed by atoms with Gasteiger partial charge in [0.25, 0.3) is 0 Å². The molecular formula is C35H42ClFN8O3. The molecule has 0 bridgehead atoms. The minimum absolute atomic E-state index is 0.0692. The van der Waals surface area contributed by atoms with Gasteiger partial charge in [0.05, 0.1) is 41.8 Å². The van der Waals surface area contributed by atoms with Crippen molar-refractivity contribution >= 4 is 46.2 Å². The van der Waals surface area contributed by atoms with Crippen LogP contribution in [0.4, 0.5) is 33.1 Å². The lowest BCUT2D eigenvalue weighted by atomic mass is 10.0. The number of carbonyl (C=O) groups excluding carboxylic acids is 1. The molecule has 3 atom stereocenters. The highest BCUT2D eigenvalue weighted by atomic mass is 35.5. The van der Waals surface area contributed by atoms with E-state index in [1.165, 1.54) is 38.0 Å². The molecule has 0 spiro atoms. The Kier molecular flexibility index (Phi) is 9.41. The van der Waals surface area contributed by atoms with Gasteiger partial charge >= 0.3 is 0 Å². The normalized spacial score (nSPS) is 23.4. The van der Waals surface area contributed by atoms with Crippen molar-refractivity contribution in [3.8, 4) is 5.75 Å². The van der Waals surface area contributed by atoms with Crippen LogP contribution in [0.5, 0.6) is 5.75 Å². The van der Waals surface area contributed by atoms with E-state index >= 15 is 0 Å². The fraction of sp³-hybridized carbons (Fsp3) is 0.457. The molecule has 0 radical (unpaired) electrons. The number of piperidine rings is 1. The maximum Gasteiger partial charge on any atom is 0.247 e. The number of fused-ring (bicyclic) bond motifs is 1. The van der Waals surface area contributed by atoms with Crippen molar-refractivity contribution < 1.29 is 18.8 Å². The van der Waals surface area contributed by atoms with Gasteiger partial charge in [-0.05, 0) is 62.5 Å². The van der Waals surface area contributed by atoms with Crippen LogP contribution in [0, 0.1) is 11.7 Å². The van der Waals surface area contributed by atoms with E-state index in [1.807, 2.05) is 12.1 Å². The first-order valence-corrected chi connectivity index (χ1v) is 17.0. The van der Waals surface area contributed by atoms with E-state index in [0.717, 1.165) is 44.1 Å². The number of benzene rings is 2. The van der Waals surface area contributed by atoms with Gasteiger partial charge in [0, 0.05) is 56.8 Å². The van der Waals surface area contributed by atoms with E-state index in [1.54, 1.807) is 30.4 Å². The Morgan fingerprint density at radius 3 is 2.71 bits per heavy atom. The number of nitrogens with one attached hydrogen (secondary N) is 2. The molecule has 0 saturated carbocycles. The topological polar surface area (TPSA) is 98.3 Å². The molecule has 5 heterocycles. The van der Waals surface area contributed by atoms with E-state index in [2.05, 4.69) is 48.9 Å². The lowest BCUT2D eigenvalue weighted by molar-refractivity contribution is -0.111. The molecule has 4 fully saturated rings. The lowest BCUT2D eigenvalue weighted by Gasteiger charge is -2.39. The summed E-state index contributed by atoms with van der Waals surface area (Å²) in [5, 5.41) is 8.06. The molecule has 4 saturated heterocycles. The van der Waals surface area contributed by atoms with Gasteiger partial charge in [0.15, 0.2) is 5.82 Å². The van der Waals surface area contributed by atoms with E-state index in [-0.39, 0.29) is 17.0 Å². The van der Waals surface area contributed by atoms with Crippen LogP contribution in [-0.4, -0.2) is 91.2 Å². The van der Waals surface area contributed by atoms with Crippen molar-refractivity contribution in [3.63, 3.8) is 0 Å². The zero-order chi connectivity index (χ0) is 33.4. The number of carbonyl (C=O) groups is 1. The number of amides is 1. The van der Waals surface area contributed by atoms with Gasteiger partial charge in [-0.2, -0.15) is 0 Å². The van der Waals surface area contributed by atoms with Crippen molar-refractivity contribution in [2.24, 2.45) is 5.92 Å². The van der Waals surface area contributed by atoms with Gasteiger partial charge < -0.3 is 25.2 Å². The summed E-state index contributed by atoms with van der Waals surface area (Å²) in [5.41, 5.74) is 2.78. The van der Waals surface area contributed by atoms with Crippen LogP contribution in [0.15, 0.2) is 55.4 Å². The monoisotopic (exact) mass is 676 g/mol. The number of rotatable bonds is 9. The predicted octanol–water partition coefficient (Wildman–Crippen LogP) is 5.63. The second-order valence-corrected chi connectivity index (χ2v) is 13.4. The van der Waals surface area contributed by atoms with Gasteiger partial charge in [0.2, 0.25) is 5.91 Å². The second kappa shape index (κ2) is 13.9. The van der Waals surface area contributed by atoms with Crippen LogP contribution in [0.2, 0.25) is 5.02 Å². The zero-order valence-electron chi connectivity index (χ0n) is 27.4. The summed E-state index contributed by atoms with van der Waals surface area (Å²) in [6.45, 7) is 9.41. The minimum Gasteiger partial charge on any atom is -0.494 e. The third kappa shape index (κ3) is 6.41. The number of nitrogens with zero attached hydrogens (tertiary/aromatic N) is 6. The number of methoxy groups -OCH3 is 1. The Bertz CT molecular complexity index is 1670. The van der Waals surface area contributed by atoms with Crippen molar-refractivity contribution in [1.29, 1.82) is 0 Å². The van der Waals surface area contributed by atoms with Crippen LogP contribution in [0.25, 0.3) is 0 Å². The molecule has 4 aliphatic heterocycles. The molecule has 3 aromatic rings. The largest absolute Gasteiger partial charge is 0.494 e. The number of likely N-dealkylation sites (tertiary alicyclic amines) is 2. The summed E-state index contributed by atoms with van der Waals surface area (Å²) in [7, 11) is 3.88. The zero-order valence-corrected chi connectivity index (χ0v) is 28.1. The molecule has 254 valence electrons. The van der Waals surface area contributed by atoms with Crippen LogP contribution in [0.3, 0.4) is 0 Å². The Morgan fingerprint density at radius 1 is 1.10 bits per heavy atom. The highest BCUT2D eigenvalue weighted by Gasteiger charge is 2.42. The smallest absolute Gasteiger partial charge is 0.247 e. The summed E-state index contributed by atoms with van der Waals surface area (Å²) < 4.78 is 20.1. The molecule has 1 amide bonds. The molecule has 4 aliphatic rings. The minimum atomic E-state index is -0.480. The summed E-state index contributed by atoms with van der Waals surface area (Å²) in [6, 6.07) is 11.3. The first-order chi connectivity index (χ1) is 23.3. The quantitative estimate of drug-likeness (QED) is 0.278. The number of aromatic nitrogens is 2. The van der Waals surface area contributed by atoms with Crippen molar-refractivity contribution in [2.75, 3.05) is 74.1 Å². The van der Waals surface area contributed by atoms with Gasteiger partial charge in [-0.15, -0.1) is 0 Å². The molecule has 48 heavy (non-hydrogen) atoms. The van der Waals surface area contributed by atoms with Gasteiger partial charge in [0.1, 0.15) is 23.7 Å². The standard InChI is InChI=1S/C35H42ClFN8O3/c1-4-34(46)41-26-16-27(40-32-18-33(39-21-38-32)45-28(11-15-48-45)24-6-5-7-25(37)35(24)36)31(47-3)17-29(26)43-13-9-23(10-14-43)44-19-22-8-12-42(2)30(22)20-44/h4-7,16-18,21-23,28,30H,1,8-15,19-20H2,2-3H3,(H,41,46)(H,38,39,40)/t22-,28+,30+/m0/s1. The molecule has 2 N–H and O–H groups in total. The van der Waals surface area contributed by atoms with Gasteiger partial charge in [-0.3, -0.25) is 14.5 Å². The van der Waals surface area contributed by atoms with Crippen LogP contribution in [0.1, 0.15) is 37.3 Å². The van der Waals surface area contributed by atoms with E-state index in [0.29, 0.717) is 59.4 Å². The Labute approximate surface area is 285 Å². The maximum absolute atomic E-state index is 14.3. The maximum atomic E-state index is 14.3. The molecule has 0 unspecified atom stereocenters. The fourth-order valence-corrected chi connectivity index (χ4v) is 8.04. The number of anilines is 5. The predicted molar refractivity (Wildman–Crippen MR) is 186 cm³/mol. The first kappa shape index (κ1) is 32.6. The SMILES string of the molecule is C=CC(=O)Nc1cc(Nc2cc(N3OCC[C@@H]3c3cccc(F)c3Cl)ncn2)c(OC)cc1N1CCC(N2C[C@@H]3CCN(C)[C@@H]3C2)CC1. The molecule has 11 nitrogen and oxygen atoms in total. The highest BCUT2D eigenvalue weighted by Crippen LogP contribution is 2.42. The average molecular weight is 677 g/mol. The van der Waals surface area contributed by atoms with Crippen molar-refractivity contribution in [2.45, 2.75) is 43.8 Å². The van der Waals surface area contributed by atoms with Gasteiger partial charge in [-0.1, -0.05) is 30.3 Å². The van der Waals surface area contributed by atoms with Gasteiger partial charge in [-0.25, -0.2) is 19.4 Å². The third-order valence-electron chi connectivity index (χ3n) is 10.3. The number of hydrogen-bond donors (Lipinski definition) is 2. The number of likely N-dealkylation sites (N-methyl/N-ethyl adjacent to an activating group) is 1. The van der Waals surface area contributed by atoms with E-state index in [9.17, 15) is 9.18 Å². The van der Waals surface area contributed by atoms with Crippen molar-refractivity contribution in [3.05, 3.63) is 71.8 Å². The average Bonchev–Trinajstić information content (AvgIpc) is 3.84. The molecule has 7 rings (SSSR count). The number of hydrogen-bond acceptors (Lipinski definition) is 10. The molecule has 13 heteroatoms. The Balaban J connectivity index is 1.10. The number of hydroxylamine groups is 1. The molecule has 0 aliphatic carbocycles. The van der Waals surface area contributed by atoms with Crippen LogP contribution in [-0.2, 0) is 9.63 Å². The Hall–Kier alpha value is -3.97. The second-order valence-electron chi connectivity index (χ2n) is 13.0. The number of ether oxygens (including phenoxy) is 1. The van der Waals surface area contributed by atoms with Crippen LogP contribution < -0.4 is 25.3 Å². The summed E-state index contributed by atoms with van der Waals surface area (Å²) >= 11 is 6.33. The molecular weight excluding hydrogens is 635 g/mol. The summed E-state index contributed by atoms with van der Waals surface area (Å²) in [5.74, 6) is 1.58. The first-order valence-electron chi connectivity index (χ1n) is 16.6.